The zero-order valence-corrected chi connectivity index (χ0v) is 17.1. The first kappa shape index (κ1) is 20.9. The number of fused-ring (bicyclic) bond motifs is 1. The van der Waals surface area contributed by atoms with Crippen LogP contribution in [0.15, 0.2) is 72.8 Å². The number of hydrogen-bond acceptors (Lipinski definition) is 4. The SMILES string of the molecule is O=C(COc1ccccc1)N1CCOc2ccc(COCc3cccc(F)c3)cc2C1. The Bertz CT molecular complexity index is 1030. The van der Waals surface area contributed by atoms with Crippen molar-refractivity contribution in [2.75, 3.05) is 19.8 Å². The number of halogens is 1. The number of rotatable bonds is 7. The highest BCUT2D eigenvalue weighted by molar-refractivity contribution is 5.78. The summed E-state index contributed by atoms with van der Waals surface area (Å²) in [6.45, 7) is 2.07. The molecule has 5 nitrogen and oxygen atoms in total. The molecule has 0 unspecified atom stereocenters. The van der Waals surface area contributed by atoms with Crippen LogP contribution in [0, 0.1) is 5.82 Å². The Hall–Kier alpha value is -3.38. The molecule has 3 aromatic carbocycles. The molecule has 160 valence electrons. The van der Waals surface area contributed by atoms with Crippen molar-refractivity contribution < 1.29 is 23.4 Å². The van der Waals surface area contributed by atoms with Crippen molar-refractivity contribution in [2.24, 2.45) is 0 Å². The van der Waals surface area contributed by atoms with Crippen molar-refractivity contribution in [1.82, 2.24) is 4.90 Å². The average molecular weight is 421 g/mol. The van der Waals surface area contributed by atoms with Crippen LogP contribution in [0.5, 0.6) is 11.5 Å². The van der Waals surface area contributed by atoms with Crippen LogP contribution >= 0.6 is 0 Å². The second kappa shape index (κ2) is 10.1. The van der Waals surface area contributed by atoms with Gasteiger partial charge in [-0.25, -0.2) is 4.39 Å². The first-order valence-corrected chi connectivity index (χ1v) is 10.2. The topological polar surface area (TPSA) is 48.0 Å². The van der Waals surface area contributed by atoms with Crippen molar-refractivity contribution in [3.05, 3.63) is 95.3 Å². The second-order valence-electron chi connectivity index (χ2n) is 7.33. The van der Waals surface area contributed by atoms with Crippen LogP contribution < -0.4 is 9.47 Å². The number of para-hydroxylation sites is 1. The molecule has 0 spiro atoms. The molecule has 1 amide bonds. The molecule has 31 heavy (non-hydrogen) atoms. The van der Waals surface area contributed by atoms with Gasteiger partial charge in [0.05, 0.1) is 19.8 Å². The predicted molar refractivity (Wildman–Crippen MR) is 114 cm³/mol. The zero-order chi connectivity index (χ0) is 21.5. The molecule has 0 saturated heterocycles. The maximum atomic E-state index is 13.3. The summed E-state index contributed by atoms with van der Waals surface area (Å²) in [4.78, 5) is 14.4. The Morgan fingerprint density at radius 3 is 2.58 bits per heavy atom. The van der Waals surface area contributed by atoms with E-state index in [0.29, 0.717) is 38.7 Å². The molecule has 4 rings (SSSR count). The Morgan fingerprint density at radius 1 is 0.968 bits per heavy atom. The molecule has 1 heterocycles. The number of hydrogen-bond donors (Lipinski definition) is 0. The van der Waals surface area contributed by atoms with E-state index in [9.17, 15) is 9.18 Å². The smallest absolute Gasteiger partial charge is 0.260 e. The number of carbonyl (C=O) groups excluding carboxylic acids is 1. The number of nitrogens with zero attached hydrogens (tertiary/aromatic N) is 1. The third-order valence-electron chi connectivity index (χ3n) is 4.99. The number of amides is 1. The quantitative estimate of drug-likeness (QED) is 0.569. The summed E-state index contributed by atoms with van der Waals surface area (Å²) in [5.74, 6) is 1.07. The highest BCUT2D eigenvalue weighted by Gasteiger charge is 2.20. The molecular weight excluding hydrogens is 397 g/mol. The minimum Gasteiger partial charge on any atom is -0.491 e. The fourth-order valence-corrected chi connectivity index (χ4v) is 3.42. The molecule has 0 aliphatic carbocycles. The Kier molecular flexibility index (Phi) is 6.79. The summed E-state index contributed by atoms with van der Waals surface area (Å²) in [5.41, 5.74) is 2.68. The van der Waals surface area contributed by atoms with Crippen molar-refractivity contribution >= 4 is 5.91 Å². The van der Waals surface area contributed by atoms with Crippen LogP contribution in [0.25, 0.3) is 0 Å². The van der Waals surface area contributed by atoms with E-state index < -0.39 is 0 Å². The summed E-state index contributed by atoms with van der Waals surface area (Å²) in [6.07, 6.45) is 0. The van der Waals surface area contributed by atoms with Crippen molar-refractivity contribution in [2.45, 2.75) is 19.8 Å². The first-order chi connectivity index (χ1) is 15.2. The van der Waals surface area contributed by atoms with E-state index in [2.05, 4.69) is 0 Å². The lowest BCUT2D eigenvalue weighted by Crippen LogP contribution is -2.36. The minimum atomic E-state index is -0.274. The lowest BCUT2D eigenvalue weighted by atomic mass is 10.1. The van der Waals surface area contributed by atoms with E-state index in [1.807, 2.05) is 54.6 Å². The molecule has 3 aromatic rings. The summed E-state index contributed by atoms with van der Waals surface area (Å²) in [5, 5.41) is 0. The molecule has 1 aliphatic rings. The number of ether oxygens (including phenoxy) is 3. The van der Waals surface area contributed by atoms with Crippen LogP contribution in [0.2, 0.25) is 0 Å². The van der Waals surface area contributed by atoms with Gasteiger partial charge in [-0.15, -0.1) is 0 Å². The van der Waals surface area contributed by atoms with Gasteiger partial charge in [0.15, 0.2) is 6.61 Å². The van der Waals surface area contributed by atoms with Crippen LogP contribution in [0.1, 0.15) is 16.7 Å². The van der Waals surface area contributed by atoms with Crippen LogP contribution in [0.4, 0.5) is 4.39 Å². The van der Waals surface area contributed by atoms with E-state index >= 15 is 0 Å². The summed E-state index contributed by atoms with van der Waals surface area (Å²) >= 11 is 0. The monoisotopic (exact) mass is 421 g/mol. The van der Waals surface area contributed by atoms with E-state index in [-0.39, 0.29) is 18.3 Å². The molecule has 6 heteroatoms. The van der Waals surface area contributed by atoms with Gasteiger partial charge in [0.1, 0.15) is 23.9 Å². The molecule has 0 aromatic heterocycles. The Balaban J connectivity index is 1.35. The molecular formula is C25H24FNO4. The van der Waals surface area contributed by atoms with E-state index in [4.69, 9.17) is 14.2 Å². The van der Waals surface area contributed by atoms with Crippen molar-refractivity contribution in [1.29, 1.82) is 0 Å². The van der Waals surface area contributed by atoms with E-state index in [1.165, 1.54) is 12.1 Å². The number of benzene rings is 3. The third-order valence-corrected chi connectivity index (χ3v) is 4.99. The standard InChI is InChI=1S/C25H24FNO4/c26-22-6-4-5-19(14-22)16-29-17-20-9-10-24-21(13-20)15-27(11-12-30-24)25(28)18-31-23-7-2-1-3-8-23/h1-10,13-14H,11-12,15-18H2. The van der Waals surface area contributed by atoms with Gasteiger partial charge < -0.3 is 19.1 Å². The molecule has 0 radical (unpaired) electrons. The van der Waals surface area contributed by atoms with Gasteiger partial charge in [0, 0.05) is 12.1 Å². The highest BCUT2D eigenvalue weighted by Crippen LogP contribution is 2.25. The van der Waals surface area contributed by atoms with Crippen LogP contribution in [-0.4, -0.2) is 30.6 Å². The molecule has 0 bridgehead atoms. The summed E-state index contributed by atoms with van der Waals surface area (Å²) in [7, 11) is 0. The first-order valence-electron chi connectivity index (χ1n) is 10.2. The van der Waals surface area contributed by atoms with E-state index in [0.717, 1.165) is 22.4 Å². The normalized spacial score (nSPS) is 13.1. The summed E-state index contributed by atoms with van der Waals surface area (Å²) in [6, 6.07) is 21.5. The fraction of sp³-hybridized carbons (Fsp3) is 0.240. The molecule has 1 aliphatic heterocycles. The Morgan fingerprint density at radius 2 is 1.77 bits per heavy atom. The van der Waals surface area contributed by atoms with Crippen molar-refractivity contribution in [3.63, 3.8) is 0 Å². The van der Waals surface area contributed by atoms with Gasteiger partial charge in [-0.05, 0) is 47.5 Å². The van der Waals surface area contributed by atoms with Gasteiger partial charge in [-0.2, -0.15) is 0 Å². The van der Waals surface area contributed by atoms with Crippen LogP contribution in [-0.2, 0) is 29.3 Å². The van der Waals surface area contributed by atoms with Gasteiger partial charge in [0.25, 0.3) is 5.91 Å². The lowest BCUT2D eigenvalue weighted by Gasteiger charge is -2.20. The molecule has 0 atom stereocenters. The molecule has 0 fully saturated rings. The summed E-state index contributed by atoms with van der Waals surface area (Å²) < 4.78 is 30.4. The second-order valence-corrected chi connectivity index (χ2v) is 7.33. The molecule has 0 N–H and O–H groups in total. The maximum absolute atomic E-state index is 13.3. The van der Waals surface area contributed by atoms with Gasteiger partial charge in [0.2, 0.25) is 0 Å². The van der Waals surface area contributed by atoms with Crippen LogP contribution in [0.3, 0.4) is 0 Å². The zero-order valence-electron chi connectivity index (χ0n) is 17.1. The van der Waals surface area contributed by atoms with Crippen molar-refractivity contribution in [3.8, 4) is 11.5 Å². The minimum absolute atomic E-state index is 0.0181. The Labute approximate surface area is 181 Å². The maximum Gasteiger partial charge on any atom is 0.260 e. The van der Waals surface area contributed by atoms with E-state index in [1.54, 1.807) is 11.0 Å². The number of carbonyl (C=O) groups is 1. The van der Waals surface area contributed by atoms with Gasteiger partial charge in [-0.1, -0.05) is 36.4 Å². The fourth-order valence-electron chi connectivity index (χ4n) is 3.42. The average Bonchev–Trinajstić information content (AvgIpc) is 3.00. The largest absolute Gasteiger partial charge is 0.491 e. The molecule has 0 saturated carbocycles. The lowest BCUT2D eigenvalue weighted by molar-refractivity contribution is -0.134. The van der Waals surface area contributed by atoms with Gasteiger partial charge >= 0.3 is 0 Å². The highest BCUT2D eigenvalue weighted by atomic mass is 19.1. The van der Waals surface area contributed by atoms with Gasteiger partial charge in [-0.3, -0.25) is 4.79 Å². The predicted octanol–water partition coefficient (Wildman–Crippen LogP) is 4.34. The third kappa shape index (κ3) is 5.83.